The number of hydrogen-bond donors (Lipinski definition) is 1. The number of halogens is 2. The first-order valence-corrected chi connectivity index (χ1v) is 9.65. The fourth-order valence-corrected chi connectivity index (χ4v) is 3.93. The summed E-state index contributed by atoms with van der Waals surface area (Å²) in [7, 11) is 1.50. The number of aliphatic hydroxyl groups excluding tert-OH is 1. The van der Waals surface area contributed by atoms with Gasteiger partial charge in [0.2, 0.25) is 0 Å². The van der Waals surface area contributed by atoms with E-state index in [0.29, 0.717) is 21.5 Å². The lowest BCUT2D eigenvalue weighted by molar-refractivity contribution is -0.132. The third kappa shape index (κ3) is 3.29. The Labute approximate surface area is 179 Å². The van der Waals surface area contributed by atoms with E-state index in [1.54, 1.807) is 30.3 Å². The van der Waals surface area contributed by atoms with Gasteiger partial charge in [0.15, 0.2) is 0 Å². The van der Waals surface area contributed by atoms with Crippen LogP contribution in [0.5, 0.6) is 5.75 Å². The van der Waals surface area contributed by atoms with Crippen molar-refractivity contribution in [1.29, 1.82) is 0 Å². The number of methoxy groups -OCH3 is 1. The molecule has 3 aromatic rings. The monoisotopic (exact) mass is 471 g/mol. The highest BCUT2D eigenvalue weighted by molar-refractivity contribution is 9.10. The van der Waals surface area contributed by atoms with Crippen LogP contribution >= 0.6 is 15.9 Å². The van der Waals surface area contributed by atoms with E-state index < -0.39 is 23.5 Å². The van der Waals surface area contributed by atoms with Gasteiger partial charge in [0.1, 0.15) is 29.1 Å². The Morgan fingerprint density at radius 3 is 2.50 bits per heavy atom. The fraction of sp³-hybridized carbons (Fsp3) is 0.0909. The standard InChI is InChI=1S/C22H15BrFNO5/c1-29-16-9-4-12(11-15(16)23)20(26)18-19(17-3-2-10-30-17)25(22(28)21(18)27)14-7-5-13(24)6-8-14/h2-11,19,26H,1H3/b20-18-. The molecule has 0 saturated carbocycles. The zero-order valence-electron chi connectivity index (χ0n) is 15.6. The highest BCUT2D eigenvalue weighted by Crippen LogP contribution is 2.42. The summed E-state index contributed by atoms with van der Waals surface area (Å²) in [5, 5.41) is 11.0. The molecule has 0 aliphatic carbocycles. The van der Waals surface area contributed by atoms with Crippen LogP contribution in [0.25, 0.3) is 5.76 Å². The van der Waals surface area contributed by atoms with Gasteiger partial charge in [0.25, 0.3) is 11.7 Å². The largest absolute Gasteiger partial charge is 0.507 e. The number of aliphatic hydroxyl groups is 1. The van der Waals surface area contributed by atoms with Crippen LogP contribution < -0.4 is 9.64 Å². The quantitative estimate of drug-likeness (QED) is 0.335. The minimum Gasteiger partial charge on any atom is -0.507 e. The first-order chi connectivity index (χ1) is 14.4. The number of rotatable bonds is 4. The van der Waals surface area contributed by atoms with Crippen molar-refractivity contribution < 1.29 is 28.2 Å². The summed E-state index contributed by atoms with van der Waals surface area (Å²) in [6.07, 6.45) is 1.41. The van der Waals surface area contributed by atoms with Crippen LogP contribution in [0.15, 0.2) is 75.3 Å². The molecular weight excluding hydrogens is 457 g/mol. The molecule has 0 spiro atoms. The fourth-order valence-electron chi connectivity index (χ4n) is 3.39. The van der Waals surface area contributed by atoms with E-state index in [1.807, 2.05) is 0 Å². The van der Waals surface area contributed by atoms with Crippen molar-refractivity contribution >= 4 is 39.1 Å². The maximum absolute atomic E-state index is 13.4. The molecule has 2 heterocycles. The molecule has 1 atom stereocenters. The smallest absolute Gasteiger partial charge is 0.300 e. The number of benzene rings is 2. The third-order valence-electron chi connectivity index (χ3n) is 4.79. The lowest BCUT2D eigenvalue weighted by Gasteiger charge is -2.23. The minimum atomic E-state index is -1.01. The van der Waals surface area contributed by atoms with E-state index >= 15 is 0 Å². The Balaban J connectivity index is 1.90. The molecule has 152 valence electrons. The number of amides is 1. The summed E-state index contributed by atoms with van der Waals surface area (Å²) >= 11 is 3.35. The molecule has 1 N–H and O–H groups in total. The molecule has 1 aliphatic rings. The van der Waals surface area contributed by atoms with E-state index in [9.17, 15) is 19.1 Å². The van der Waals surface area contributed by atoms with Gasteiger partial charge in [-0.05, 0) is 70.5 Å². The van der Waals surface area contributed by atoms with Gasteiger partial charge in [0, 0.05) is 11.3 Å². The first kappa shape index (κ1) is 19.9. The number of nitrogens with zero attached hydrogens (tertiary/aromatic N) is 1. The molecule has 6 nitrogen and oxygen atoms in total. The Kier molecular flexibility index (Phi) is 5.17. The average molecular weight is 472 g/mol. The SMILES string of the molecule is COc1ccc(/C(O)=C2/C(=O)C(=O)N(c3ccc(F)cc3)C2c2ccco2)cc1Br. The van der Waals surface area contributed by atoms with Gasteiger partial charge in [-0.3, -0.25) is 14.5 Å². The van der Waals surface area contributed by atoms with Gasteiger partial charge in [-0.1, -0.05) is 0 Å². The number of Topliss-reactive ketones (excluding diaryl/α,β-unsaturated/α-hetero) is 1. The van der Waals surface area contributed by atoms with E-state index in [0.717, 1.165) is 0 Å². The van der Waals surface area contributed by atoms with Crippen LogP contribution in [0, 0.1) is 5.82 Å². The molecule has 1 fully saturated rings. The second kappa shape index (κ2) is 7.79. The second-order valence-electron chi connectivity index (χ2n) is 6.51. The van der Waals surface area contributed by atoms with Crippen molar-refractivity contribution in [2.24, 2.45) is 0 Å². The number of furan rings is 1. The molecule has 1 saturated heterocycles. The third-order valence-corrected chi connectivity index (χ3v) is 5.41. The van der Waals surface area contributed by atoms with E-state index in [-0.39, 0.29) is 17.1 Å². The highest BCUT2D eigenvalue weighted by Gasteiger charge is 2.48. The van der Waals surface area contributed by atoms with Crippen LogP contribution in [-0.4, -0.2) is 23.9 Å². The Hall–Kier alpha value is -3.39. The van der Waals surface area contributed by atoms with Gasteiger partial charge in [-0.25, -0.2) is 4.39 Å². The van der Waals surface area contributed by atoms with Crippen LogP contribution in [0.4, 0.5) is 10.1 Å². The molecule has 1 aliphatic heterocycles. The number of anilines is 1. The molecule has 1 aromatic heterocycles. The van der Waals surface area contributed by atoms with E-state index in [1.165, 1.54) is 42.5 Å². The zero-order chi connectivity index (χ0) is 21.4. The summed E-state index contributed by atoms with van der Waals surface area (Å²) in [4.78, 5) is 27.0. The Morgan fingerprint density at radius 1 is 1.17 bits per heavy atom. The van der Waals surface area contributed by atoms with Crippen molar-refractivity contribution in [3.05, 3.63) is 88.0 Å². The van der Waals surface area contributed by atoms with E-state index in [4.69, 9.17) is 9.15 Å². The molecule has 0 bridgehead atoms. The number of ketones is 1. The second-order valence-corrected chi connectivity index (χ2v) is 7.36. The topological polar surface area (TPSA) is 80.0 Å². The minimum absolute atomic E-state index is 0.128. The molecule has 1 amide bonds. The van der Waals surface area contributed by atoms with Crippen LogP contribution in [-0.2, 0) is 9.59 Å². The molecule has 2 aromatic carbocycles. The summed E-state index contributed by atoms with van der Waals surface area (Å²) in [5.74, 6) is -1.73. The van der Waals surface area contributed by atoms with E-state index in [2.05, 4.69) is 15.9 Å². The maximum Gasteiger partial charge on any atom is 0.300 e. The normalized spacial score (nSPS) is 18.1. The van der Waals surface area contributed by atoms with Crippen LogP contribution in [0.3, 0.4) is 0 Å². The average Bonchev–Trinajstić information content (AvgIpc) is 3.35. The molecule has 0 radical (unpaired) electrons. The Bertz CT molecular complexity index is 1150. The van der Waals surface area contributed by atoms with Gasteiger partial charge >= 0.3 is 0 Å². The van der Waals surface area contributed by atoms with Gasteiger partial charge in [-0.2, -0.15) is 0 Å². The van der Waals surface area contributed by atoms with Crippen LogP contribution in [0.2, 0.25) is 0 Å². The molecule has 4 rings (SSSR count). The Morgan fingerprint density at radius 2 is 1.90 bits per heavy atom. The molecule has 8 heteroatoms. The molecule has 30 heavy (non-hydrogen) atoms. The highest BCUT2D eigenvalue weighted by atomic mass is 79.9. The lowest BCUT2D eigenvalue weighted by Crippen LogP contribution is -2.29. The van der Waals surface area contributed by atoms with Crippen molar-refractivity contribution in [3.8, 4) is 5.75 Å². The predicted molar refractivity (Wildman–Crippen MR) is 111 cm³/mol. The molecular formula is C22H15BrFNO5. The van der Waals surface area contributed by atoms with Gasteiger partial charge < -0.3 is 14.3 Å². The maximum atomic E-state index is 13.4. The molecule has 1 unspecified atom stereocenters. The van der Waals surface area contributed by atoms with Crippen molar-refractivity contribution in [2.75, 3.05) is 12.0 Å². The number of hydrogen-bond acceptors (Lipinski definition) is 5. The summed E-state index contributed by atoms with van der Waals surface area (Å²) in [6.45, 7) is 0. The van der Waals surface area contributed by atoms with Crippen LogP contribution in [0.1, 0.15) is 17.4 Å². The summed E-state index contributed by atoms with van der Waals surface area (Å²) in [6, 6.07) is 12.1. The first-order valence-electron chi connectivity index (χ1n) is 8.86. The number of carbonyl (C=O) groups excluding carboxylic acids is 2. The zero-order valence-corrected chi connectivity index (χ0v) is 17.2. The summed E-state index contributed by atoms with van der Waals surface area (Å²) < 4.78 is 24.6. The van der Waals surface area contributed by atoms with Crippen molar-refractivity contribution in [2.45, 2.75) is 6.04 Å². The van der Waals surface area contributed by atoms with Crippen molar-refractivity contribution in [3.63, 3.8) is 0 Å². The summed E-state index contributed by atoms with van der Waals surface area (Å²) in [5.41, 5.74) is 0.488. The lowest BCUT2D eigenvalue weighted by atomic mass is 9.99. The van der Waals surface area contributed by atoms with Crippen molar-refractivity contribution in [1.82, 2.24) is 0 Å². The predicted octanol–water partition coefficient (Wildman–Crippen LogP) is 4.82. The van der Waals surface area contributed by atoms with Gasteiger partial charge in [-0.15, -0.1) is 0 Å². The van der Waals surface area contributed by atoms with Gasteiger partial charge in [0.05, 0.1) is 23.4 Å². The number of ether oxygens (including phenoxy) is 1. The number of carbonyl (C=O) groups is 2.